The molecule has 0 saturated carbocycles. The van der Waals surface area contributed by atoms with Gasteiger partial charge in [-0.2, -0.15) is 0 Å². The molecule has 3 N–H and O–H groups in total. The molecule has 0 bridgehead atoms. The van der Waals surface area contributed by atoms with Crippen molar-refractivity contribution in [3.8, 4) is 0 Å². The quantitative estimate of drug-likeness (QED) is 0.429. The maximum absolute atomic E-state index is 11.8. The SMILES string of the molecule is CC(C)[C@H](C(=O)NN)N1C[C@H](C)C[C@H](C)C1. The van der Waals surface area contributed by atoms with Gasteiger partial charge in [0, 0.05) is 13.1 Å². The van der Waals surface area contributed by atoms with Crippen molar-refractivity contribution in [3.63, 3.8) is 0 Å². The van der Waals surface area contributed by atoms with Crippen molar-refractivity contribution in [1.82, 2.24) is 10.3 Å². The Hall–Kier alpha value is -0.610. The van der Waals surface area contributed by atoms with Gasteiger partial charge in [0.05, 0.1) is 6.04 Å². The van der Waals surface area contributed by atoms with Gasteiger partial charge in [-0.1, -0.05) is 27.7 Å². The van der Waals surface area contributed by atoms with Crippen LogP contribution in [0.5, 0.6) is 0 Å². The summed E-state index contributed by atoms with van der Waals surface area (Å²) in [6.45, 7) is 10.6. The summed E-state index contributed by atoms with van der Waals surface area (Å²) in [6.07, 6.45) is 1.26. The van der Waals surface area contributed by atoms with Crippen molar-refractivity contribution >= 4 is 5.91 Å². The standard InChI is InChI=1S/C12H25N3O/c1-8(2)11(12(16)14-13)15-6-9(3)5-10(4)7-15/h8-11H,5-7,13H2,1-4H3,(H,14,16)/t9-,10+,11-/m1/s1. The molecule has 0 radical (unpaired) electrons. The minimum atomic E-state index is -0.0878. The van der Waals surface area contributed by atoms with E-state index in [2.05, 4.69) is 38.0 Å². The second-order valence-electron chi connectivity index (χ2n) is 5.60. The predicted octanol–water partition coefficient (Wildman–Crippen LogP) is 0.979. The molecule has 0 spiro atoms. The molecule has 1 heterocycles. The van der Waals surface area contributed by atoms with Gasteiger partial charge in [0.2, 0.25) is 0 Å². The van der Waals surface area contributed by atoms with Gasteiger partial charge >= 0.3 is 0 Å². The number of hydrogen-bond acceptors (Lipinski definition) is 3. The third-order valence-corrected chi connectivity index (χ3v) is 3.33. The Kier molecular flexibility index (Phi) is 4.74. The maximum atomic E-state index is 11.8. The summed E-state index contributed by atoms with van der Waals surface area (Å²) in [4.78, 5) is 14.1. The van der Waals surface area contributed by atoms with Crippen molar-refractivity contribution in [1.29, 1.82) is 0 Å². The highest BCUT2D eigenvalue weighted by molar-refractivity contribution is 5.81. The molecule has 4 heteroatoms. The van der Waals surface area contributed by atoms with Crippen LogP contribution in [0, 0.1) is 17.8 Å². The van der Waals surface area contributed by atoms with E-state index >= 15 is 0 Å². The van der Waals surface area contributed by atoms with Gasteiger partial charge in [-0.25, -0.2) is 5.84 Å². The minimum Gasteiger partial charge on any atom is -0.293 e. The Morgan fingerprint density at radius 3 is 2.19 bits per heavy atom. The smallest absolute Gasteiger partial charge is 0.251 e. The normalized spacial score (nSPS) is 29.1. The fourth-order valence-corrected chi connectivity index (χ4v) is 2.91. The van der Waals surface area contributed by atoms with E-state index < -0.39 is 0 Å². The minimum absolute atomic E-state index is 0.0590. The van der Waals surface area contributed by atoms with E-state index in [9.17, 15) is 4.79 Å². The van der Waals surface area contributed by atoms with Crippen LogP contribution in [0.4, 0.5) is 0 Å². The lowest BCUT2D eigenvalue weighted by atomic mass is 9.89. The highest BCUT2D eigenvalue weighted by Crippen LogP contribution is 2.24. The highest BCUT2D eigenvalue weighted by Gasteiger charge is 2.33. The first-order valence-corrected chi connectivity index (χ1v) is 6.20. The Labute approximate surface area is 98.5 Å². The molecule has 1 amide bonds. The third-order valence-electron chi connectivity index (χ3n) is 3.33. The summed E-state index contributed by atoms with van der Waals surface area (Å²) in [5.41, 5.74) is 2.29. The molecular formula is C12H25N3O. The molecule has 0 aliphatic carbocycles. The largest absolute Gasteiger partial charge is 0.293 e. The van der Waals surface area contributed by atoms with Crippen LogP contribution in [-0.4, -0.2) is 29.9 Å². The summed E-state index contributed by atoms with van der Waals surface area (Å²) >= 11 is 0. The average molecular weight is 227 g/mol. The van der Waals surface area contributed by atoms with Gasteiger partial charge in [-0.3, -0.25) is 15.1 Å². The van der Waals surface area contributed by atoms with E-state index in [-0.39, 0.29) is 11.9 Å². The van der Waals surface area contributed by atoms with Crippen molar-refractivity contribution in [2.24, 2.45) is 23.6 Å². The Morgan fingerprint density at radius 2 is 1.81 bits per heavy atom. The van der Waals surface area contributed by atoms with E-state index in [4.69, 9.17) is 5.84 Å². The number of carbonyl (C=O) groups is 1. The fourth-order valence-electron chi connectivity index (χ4n) is 2.91. The molecule has 1 aliphatic heterocycles. The molecule has 0 aromatic rings. The average Bonchev–Trinajstić information content (AvgIpc) is 2.15. The first-order valence-electron chi connectivity index (χ1n) is 6.20. The van der Waals surface area contributed by atoms with E-state index in [1.54, 1.807) is 0 Å². The van der Waals surface area contributed by atoms with Gasteiger partial charge in [-0.15, -0.1) is 0 Å². The van der Waals surface area contributed by atoms with Crippen LogP contribution in [-0.2, 0) is 4.79 Å². The first-order chi connectivity index (χ1) is 7.45. The maximum Gasteiger partial charge on any atom is 0.251 e. The van der Waals surface area contributed by atoms with Crippen molar-refractivity contribution in [2.45, 2.75) is 40.2 Å². The van der Waals surface area contributed by atoms with Crippen molar-refractivity contribution in [2.75, 3.05) is 13.1 Å². The van der Waals surface area contributed by atoms with Gasteiger partial charge in [0.25, 0.3) is 5.91 Å². The van der Waals surface area contributed by atoms with Crippen molar-refractivity contribution < 1.29 is 4.79 Å². The lowest BCUT2D eigenvalue weighted by Crippen LogP contribution is -2.55. The van der Waals surface area contributed by atoms with E-state index in [0.717, 1.165) is 13.1 Å². The number of rotatable bonds is 3. The van der Waals surface area contributed by atoms with Crippen molar-refractivity contribution in [3.05, 3.63) is 0 Å². The highest BCUT2D eigenvalue weighted by atomic mass is 16.2. The zero-order valence-electron chi connectivity index (χ0n) is 10.9. The number of hydrazine groups is 1. The molecular weight excluding hydrogens is 202 g/mol. The topological polar surface area (TPSA) is 58.4 Å². The van der Waals surface area contributed by atoms with Crippen LogP contribution in [0.3, 0.4) is 0 Å². The Morgan fingerprint density at radius 1 is 1.31 bits per heavy atom. The predicted molar refractivity (Wildman–Crippen MR) is 65.5 cm³/mol. The molecule has 94 valence electrons. The van der Waals surface area contributed by atoms with Crippen LogP contribution < -0.4 is 11.3 Å². The molecule has 0 unspecified atom stereocenters. The van der Waals surface area contributed by atoms with E-state index in [1.165, 1.54) is 6.42 Å². The van der Waals surface area contributed by atoms with Gasteiger partial charge in [-0.05, 0) is 24.2 Å². The number of piperidine rings is 1. The third kappa shape index (κ3) is 3.19. The summed E-state index contributed by atoms with van der Waals surface area (Å²) in [6, 6.07) is -0.0878. The Balaban J connectivity index is 2.74. The number of hydrogen-bond donors (Lipinski definition) is 2. The fraction of sp³-hybridized carbons (Fsp3) is 0.917. The lowest BCUT2D eigenvalue weighted by Gasteiger charge is -2.40. The summed E-state index contributed by atoms with van der Waals surface area (Å²) in [5.74, 6) is 6.82. The molecule has 0 aromatic carbocycles. The summed E-state index contributed by atoms with van der Waals surface area (Å²) < 4.78 is 0. The molecule has 1 rings (SSSR count). The van der Waals surface area contributed by atoms with Crippen LogP contribution in [0.2, 0.25) is 0 Å². The molecule has 1 aliphatic rings. The number of amides is 1. The van der Waals surface area contributed by atoms with Gasteiger partial charge in [0.15, 0.2) is 0 Å². The van der Waals surface area contributed by atoms with Crippen LogP contribution in [0.1, 0.15) is 34.1 Å². The second-order valence-corrected chi connectivity index (χ2v) is 5.60. The molecule has 4 nitrogen and oxygen atoms in total. The van der Waals surface area contributed by atoms with E-state index in [0.29, 0.717) is 17.8 Å². The van der Waals surface area contributed by atoms with Crippen LogP contribution >= 0.6 is 0 Å². The zero-order chi connectivity index (χ0) is 12.3. The number of nitrogens with one attached hydrogen (secondary N) is 1. The van der Waals surface area contributed by atoms with Crippen LogP contribution in [0.25, 0.3) is 0 Å². The molecule has 1 fully saturated rings. The Bertz CT molecular complexity index is 232. The van der Waals surface area contributed by atoms with Gasteiger partial charge < -0.3 is 0 Å². The number of carbonyl (C=O) groups excluding carboxylic acids is 1. The zero-order valence-corrected chi connectivity index (χ0v) is 10.9. The monoisotopic (exact) mass is 227 g/mol. The molecule has 0 aromatic heterocycles. The van der Waals surface area contributed by atoms with Crippen LogP contribution in [0.15, 0.2) is 0 Å². The lowest BCUT2D eigenvalue weighted by molar-refractivity contribution is -0.129. The number of nitrogens with zero attached hydrogens (tertiary/aromatic N) is 1. The summed E-state index contributed by atoms with van der Waals surface area (Å²) in [7, 11) is 0. The first kappa shape index (κ1) is 13.5. The second kappa shape index (κ2) is 5.64. The van der Waals surface area contributed by atoms with E-state index in [1.807, 2.05) is 0 Å². The molecule has 3 atom stereocenters. The number of nitrogens with two attached hydrogens (primary N) is 1. The van der Waals surface area contributed by atoms with Gasteiger partial charge in [0.1, 0.15) is 0 Å². The summed E-state index contributed by atoms with van der Waals surface area (Å²) in [5, 5.41) is 0. The molecule has 16 heavy (non-hydrogen) atoms. The number of likely N-dealkylation sites (tertiary alicyclic amines) is 1. The molecule has 1 saturated heterocycles.